The zero-order valence-electron chi connectivity index (χ0n) is 9.99. The summed E-state index contributed by atoms with van der Waals surface area (Å²) in [5.74, 6) is 1.10. The van der Waals surface area contributed by atoms with Crippen LogP contribution in [-0.4, -0.2) is 23.3 Å². The van der Waals surface area contributed by atoms with Crippen LogP contribution in [0, 0.1) is 0 Å². The zero-order valence-corrected chi connectivity index (χ0v) is 12.4. The van der Waals surface area contributed by atoms with Crippen molar-refractivity contribution in [2.75, 3.05) is 12.3 Å². The molecule has 94 valence electrons. The highest BCUT2D eigenvalue weighted by Gasteiger charge is 2.11. The van der Waals surface area contributed by atoms with Gasteiger partial charge in [0.05, 0.1) is 5.03 Å². The van der Waals surface area contributed by atoms with Gasteiger partial charge in [0.15, 0.2) is 0 Å². The fourth-order valence-electron chi connectivity index (χ4n) is 2.17. The minimum atomic E-state index is 0.766. The number of rotatable bonds is 5. The average Bonchev–Trinajstić information content (AvgIpc) is 2.38. The molecule has 0 bridgehead atoms. The maximum atomic E-state index is 4.35. The summed E-state index contributed by atoms with van der Waals surface area (Å²) in [5.41, 5.74) is 0. The second kappa shape index (κ2) is 7.39. The lowest BCUT2D eigenvalue weighted by atomic mass is 9.96. The van der Waals surface area contributed by atoms with Gasteiger partial charge in [-0.05, 0) is 40.9 Å². The molecule has 17 heavy (non-hydrogen) atoms. The van der Waals surface area contributed by atoms with Gasteiger partial charge in [0.2, 0.25) is 0 Å². The highest BCUT2D eigenvalue weighted by Crippen LogP contribution is 2.19. The number of thioether (sulfide) groups is 1. The molecule has 0 radical (unpaired) electrons. The summed E-state index contributed by atoms with van der Waals surface area (Å²) in [6.45, 7) is 1.09. The van der Waals surface area contributed by atoms with Crippen molar-refractivity contribution in [1.29, 1.82) is 0 Å². The van der Waals surface area contributed by atoms with Crippen molar-refractivity contribution in [3.63, 3.8) is 0 Å². The van der Waals surface area contributed by atoms with Crippen LogP contribution >= 0.6 is 27.7 Å². The number of nitrogens with one attached hydrogen (secondary N) is 1. The van der Waals surface area contributed by atoms with E-state index in [-0.39, 0.29) is 0 Å². The number of halogens is 1. The average molecular weight is 315 g/mol. The van der Waals surface area contributed by atoms with Crippen molar-refractivity contribution in [3.05, 3.63) is 22.8 Å². The summed E-state index contributed by atoms with van der Waals surface area (Å²) >= 11 is 5.22. The van der Waals surface area contributed by atoms with Gasteiger partial charge >= 0.3 is 0 Å². The monoisotopic (exact) mass is 314 g/mol. The Balaban J connectivity index is 1.60. The third-order valence-electron chi connectivity index (χ3n) is 3.09. The molecule has 0 unspecified atom stereocenters. The van der Waals surface area contributed by atoms with Crippen LogP contribution in [-0.2, 0) is 0 Å². The third-order valence-corrected chi connectivity index (χ3v) is 4.51. The molecule has 1 aliphatic carbocycles. The van der Waals surface area contributed by atoms with Gasteiger partial charge in [-0.1, -0.05) is 19.3 Å². The third kappa shape index (κ3) is 4.98. The minimum Gasteiger partial charge on any atom is -0.313 e. The van der Waals surface area contributed by atoms with E-state index in [1.54, 1.807) is 0 Å². The molecule has 0 spiro atoms. The van der Waals surface area contributed by atoms with Crippen molar-refractivity contribution < 1.29 is 0 Å². The van der Waals surface area contributed by atoms with Crippen molar-refractivity contribution in [2.24, 2.45) is 0 Å². The number of pyridine rings is 1. The fraction of sp³-hybridized carbons (Fsp3) is 0.615. The predicted octanol–water partition coefficient (Wildman–Crippen LogP) is 3.86. The summed E-state index contributed by atoms with van der Waals surface area (Å²) in [5, 5.41) is 4.76. The van der Waals surface area contributed by atoms with Crippen LogP contribution in [0.1, 0.15) is 32.1 Å². The van der Waals surface area contributed by atoms with Gasteiger partial charge in [-0.15, -0.1) is 11.8 Å². The SMILES string of the molecule is Brc1ccc(SCCNC2CCCCC2)nc1. The molecule has 0 saturated heterocycles. The molecule has 1 N–H and O–H groups in total. The molecule has 4 heteroatoms. The lowest BCUT2D eigenvalue weighted by Crippen LogP contribution is -2.32. The molecule has 1 aliphatic rings. The Labute approximate surface area is 116 Å². The van der Waals surface area contributed by atoms with E-state index in [0.717, 1.165) is 27.8 Å². The van der Waals surface area contributed by atoms with Gasteiger partial charge in [0.25, 0.3) is 0 Å². The van der Waals surface area contributed by atoms with Crippen molar-refractivity contribution in [2.45, 2.75) is 43.2 Å². The van der Waals surface area contributed by atoms with Crippen LogP contribution < -0.4 is 5.32 Å². The smallest absolute Gasteiger partial charge is 0.0961 e. The van der Waals surface area contributed by atoms with Crippen LogP contribution in [0.25, 0.3) is 0 Å². The Kier molecular flexibility index (Phi) is 5.81. The lowest BCUT2D eigenvalue weighted by Gasteiger charge is -2.22. The Morgan fingerprint density at radius 3 is 2.82 bits per heavy atom. The molecular formula is C13H19BrN2S. The first-order valence-corrected chi connectivity index (χ1v) is 8.10. The molecule has 1 saturated carbocycles. The Bertz CT molecular complexity index is 323. The first kappa shape index (κ1) is 13.4. The molecule has 1 heterocycles. The zero-order chi connectivity index (χ0) is 11.9. The van der Waals surface area contributed by atoms with Gasteiger partial charge in [0.1, 0.15) is 0 Å². The largest absolute Gasteiger partial charge is 0.313 e. The van der Waals surface area contributed by atoms with Crippen molar-refractivity contribution in [1.82, 2.24) is 10.3 Å². The maximum Gasteiger partial charge on any atom is 0.0961 e. The molecule has 0 atom stereocenters. The molecule has 0 amide bonds. The molecule has 0 aromatic carbocycles. The van der Waals surface area contributed by atoms with E-state index in [1.165, 1.54) is 32.1 Å². The van der Waals surface area contributed by atoms with Crippen LogP contribution in [0.5, 0.6) is 0 Å². The Morgan fingerprint density at radius 2 is 2.12 bits per heavy atom. The maximum absolute atomic E-state index is 4.35. The van der Waals surface area contributed by atoms with E-state index in [1.807, 2.05) is 24.0 Å². The van der Waals surface area contributed by atoms with Crippen molar-refractivity contribution in [3.8, 4) is 0 Å². The van der Waals surface area contributed by atoms with Crippen LogP contribution in [0.15, 0.2) is 27.8 Å². The Hall–Kier alpha value is -0.0600. The Morgan fingerprint density at radius 1 is 1.29 bits per heavy atom. The molecule has 2 nitrogen and oxygen atoms in total. The van der Waals surface area contributed by atoms with E-state index in [4.69, 9.17) is 0 Å². The van der Waals surface area contributed by atoms with Gasteiger partial charge in [-0.25, -0.2) is 4.98 Å². The molecule has 1 fully saturated rings. The van der Waals surface area contributed by atoms with Gasteiger partial charge in [-0.2, -0.15) is 0 Å². The van der Waals surface area contributed by atoms with E-state index in [9.17, 15) is 0 Å². The topological polar surface area (TPSA) is 24.9 Å². The normalized spacial score (nSPS) is 17.2. The summed E-state index contributed by atoms with van der Waals surface area (Å²) < 4.78 is 1.04. The minimum absolute atomic E-state index is 0.766. The second-order valence-electron chi connectivity index (χ2n) is 4.45. The molecule has 0 aliphatic heterocycles. The first-order valence-electron chi connectivity index (χ1n) is 6.32. The molecule has 2 rings (SSSR count). The number of aromatic nitrogens is 1. The van der Waals surface area contributed by atoms with Crippen LogP contribution in [0.2, 0.25) is 0 Å². The molecule has 1 aromatic rings. The molecular weight excluding hydrogens is 296 g/mol. The highest BCUT2D eigenvalue weighted by molar-refractivity contribution is 9.10. The van der Waals surface area contributed by atoms with Crippen LogP contribution in [0.4, 0.5) is 0 Å². The summed E-state index contributed by atoms with van der Waals surface area (Å²) in [6, 6.07) is 4.88. The highest BCUT2D eigenvalue weighted by atomic mass is 79.9. The van der Waals surface area contributed by atoms with Gasteiger partial charge in [-0.3, -0.25) is 0 Å². The first-order chi connectivity index (χ1) is 8.34. The second-order valence-corrected chi connectivity index (χ2v) is 6.48. The number of nitrogens with zero attached hydrogens (tertiary/aromatic N) is 1. The van der Waals surface area contributed by atoms with Gasteiger partial charge < -0.3 is 5.32 Å². The number of hydrogen-bond acceptors (Lipinski definition) is 3. The summed E-state index contributed by atoms with van der Waals surface area (Å²) in [6.07, 6.45) is 8.81. The standard InChI is InChI=1S/C13H19BrN2S/c14-11-6-7-13(16-10-11)17-9-8-15-12-4-2-1-3-5-12/h6-7,10,12,15H,1-5,8-9H2. The van der Waals surface area contributed by atoms with Gasteiger partial charge in [0, 0.05) is 29.0 Å². The fourth-order valence-corrected chi connectivity index (χ4v) is 3.13. The summed E-state index contributed by atoms with van der Waals surface area (Å²) in [4.78, 5) is 4.35. The van der Waals surface area contributed by atoms with E-state index in [2.05, 4.69) is 32.3 Å². The van der Waals surface area contributed by atoms with Crippen LogP contribution in [0.3, 0.4) is 0 Å². The summed E-state index contributed by atoms with van der Waals surface area (Å²) in [7, 11) is 0. The van der Waals surface area contributed by atoms with E-state index >= 15 is 0 Å². The quantitative estimate of drug-likeness (QED) is 0.660. The molecule has 1 aromatic heterocycles. The lowest BCUT2D eigenvalue weighted by molar-refractivity contribution is 0.381. The van der Waals surface area contributed by atoms with E-state index < -0.39 is 0 Å². The predicted molar refractivity (Wildman–Crippen MR) is 77.5 cm³/mol. The van der Waals surface area contributed by atoms with Crippen molar-refractivity contribution >= 4 is 27.7 Å². The van der Waals surface area contributed by atoms with E-state index in [0.29, 0.717) is 0 Å². The number of hydrogen-bond donors (Lipinski definition) is 1.